The summed E-state index contributed by atoms with van der Waals surface area (Å²) in [6.45, 7) is 12.5. The highest BCUT2D eigenvalue weighted by Gasteiger charge is 2.60. The summed E-state index contributed by atoms with van der Waals surface area (Å²) in [6, 6.07) is 10.4. The van der Waals surface area contributed by atoms with Crippen LogP contribution in [0.5, 0.6) is 0 Å². The Morgan fingerprint density at radius 3 is 2.47 bits per heavy atom. The fourth-order valence-corrected chi connectivity index (χ4v) is 9.24. The third-order valence-corrected chi connectivity index (χ3v) is 11.0. The molecule has 1 aromatic rings. The molecule has 0 aromatic heterocycles. The molecule has 1 heterocycles. The van der Waals surface area contributed by atoms with Crippen molar-refractivity contribution in [2.24, 2.45) is 46.3 Å². The van der Waals surface area contributed by atoms with E-state index in [0.717, 1.165) is 47.6 Å². The number of benzene rings is 1. The lowest BCUT2D eigenvalue weighted by atomic mass is 9.48. The summed E-state index contributed by atoms with van der Waals surface area (Å²) in [5.41, 5.74) is 3.02. The quantitative estimate of drug-likeness (QED) is 0.415. The van der Waals surface area contributed by atoms with E-state index in [0.29, 0.717) is 11.8 Å². The lowest BCUT2D eigenvalue weighted by Crippen LogP contribution is -2.54. The molecular formula is C32H47NO. The van der Waals surface area contributed by atoms with E-state index in [-0.39, 0.29) is 11.3 Å². The van der Waals surface area contributed by atoms with Gasteiger partial charge in [-0.15, -0.1) is 0 Å². The fourth-order valence-electron chi connectivity index (χ4n) is 9.24. The average molecular weight is 462 g/mol. The van der Waals surface area contributed by atoms with E-state index in [1.165, 1.54) is 57.1 Å². The van der Waals surface area contributed by atoms with Crippen LogP contribution in [0.25, 0.3) is 0 Å². The van der Waals surface area contributed by atoms with E-state index in [4.69, 9.17) is 0 Å². The first kappa shape index (κ1) is 24.1. The zero-order chi connectivity index (χ0) is 24.1. The number of rotatable bonds is 6. The summed E-state index contributed by atoms with van der Waals surface area (Å²) >= 11 is 0. The van der Waals surface area contributed by atoms with Crippen molar-refractivity contribution in [1.82, 2.24) is 0 Å². The number of anilines is 1. The molecule has 5 rings (SSSR count). The maximum absolute atomic E-state index is 13.1. The number of amides is 1. The molecule has 3 aliphatic carbocycles. The molecule has 1 amide bonds. The van der Waals surface area contributed by atoms with Crippen LogP contribution in [-0.2, 0) is 4.79 Å². The van der Waals surface area contributed by atoms with Crippen LogP contribution in [0, 0.1) is 46.3 Å². The van der Waals surface area contributed by atoms with Crippen LogP contribution in [0.1, 0.15) is 98.8 Å². The number of carbonyl (C=O) groups excluding carboxylic acids is 1. The van der Waals surface area contributed by atoms with Gasteiger partial charge in [0.15, 0.2) is 0 Å². The third-order valence-electron chi connectivity index (χ3n) is 11.0. The van der Waals surface area contributed by atoms with Crippen molar-refractivity contribution < 1.29 is 4.79 Å². The topological polar surface area (TPSA) is 20.3 Å². The zero-order valence-corrected chi connectivity index (χ0v) is 22.4. The van der Waals surface area contributed by atoms with Crippen LogP contribution < -0.4 is 4.90 Å². The SMILES string of the molecule is CC(C)CCCC(C)C1CCC2C3CC=C4N(c5ccccc5)C(=O)CCC4(C)C3CCC12C. The lowest BCUT2D eigenvalue weighted by Gasteiger charge is -2.59. The summed E-state index contributed by atoms with van der Waals surface area (Å²) < 4.78 is 0. The van der Waals surface area contributed by atoms with Gasteiger partial charge in [0, 0.05) is 23.2 Å². The smallest absolute Gasteiger partial charge is 0.231 e. The number of hydrogen-bond donors (Lipinski definition) is 0. The Labute approximate surface area is 208 Å². The van der Waals surface area contributed by atoms with E-state index >= 15 is 0 Å². The number of nitrogens with zero attached hydrogens (tertiary/aromatic N) is 1. The van der Waals surface area contributed by atoms with E-state index in [1.54, 1.807) is 0 Å². The highest BCUT2D eigenvalue weighted by molar-refractivity contribution is 5.98. The van der Waals surface area contributed by atoms with Gasteiger partial charge in [-0.2, -0.15) is 0 Å². The molecule has 2 nitrogen and oxygen atoms in total. The van der Waals surface area contributed by atoms with Crippen LogP contribution in [-0.4, -0.2) is 5.91 Å². The maximum Gasteiger partial charge on any atom is 0.231 e. The van der Waals surface area contributed by atoms with Gasteiger partial charge in [-0.25, -0.2) is 0 Å². The van der Waals surface area contributed by atoms with Crippen molar-refractivity contribution in [3.63, 3.8) is 0 Å². The largest absolute Gasteiger partial charge is 0.285 e. The van der Waals surface area contributed by atoms with Crippen LogP contribution in [0.4, 0.5) is 5.69 Å². The van der Waals surface area contributed by atoms with Gasteiger partial charge in [0.25, 0.3) is 0 Å². The molecule has 2 saturated carbocycles. The zero-order valence-electron chi connectivity index (χ0n) is 22.4. The van der Waals surface area contributed by atoms with Gasteiger partial charge in [0.05, 0.1) is 0 Å². The number of fused-ring (bicyclic) bond motifs is 5. The standard InChI is InChI=1S/C32H47NO/c1-22(2)10-9-11-23(3)26-15-16-27-25-14-17-29-32(5,28(25)18-20-31(26,27)4)21-19-30(34)33(29)24-12-7-6-8-13-24/h6-8,12-13,17,22-23,25-28H,9-11,14-16,18-21H2,1-5H3. The minimum absolute atomic E-state index is 0.134. The average Bonchev–Trinajstić information content (AvgIpc) is 3.17. The molecule has 3 fully saturated rings. The van der Waals surface area contributed by atoms with Gasteiger partial charge in [-0.3, -0.25) is 9.69 Å². The van der Waals surface area contributed by atoms with Crippen molar-refractivity contribution in [1.29, 1.82) is 0 Å². The van der Waals surface area contributed by atoms with E-state index in [2.05, 4.69) is 69.9 Å². The van der Waals surface area contributed by atoms with Gasteiger partial charge in [0.1, 0.15) is 0 Å². The molecule has 7 unspecified atom stereocenters. The summed E-state index contributed by atoms with van der Waals surface area (Å²) in [4.78, 5) is 15.2. The molecule has 0 spiro atoms. The number of allylic oxidation sites excluding steroid dienone is 2. The number of para-hydroxylation sites is 1. The molecule has 0 N–H and O–H groups in total. The second-order valence-corrected chi connectivity index (χ2v) is 13.2. The lowest BCUT2D eigenvalue weighted by molar-refractivity contribution is -0.122. The highest BCUT2D eigenvalue weighted by Crippen LogP contribution is 2.67. The molecule has 1 aromatic carbocycles. The van der Waals surface area contributed by atoms with Gasteiger partial charge in [-0.05, 0) is 91.6 Å². The Kier molecular flexibility index (Phi) is 6.49. The van der Waals surface area contributed by atoms with Crippen molar-refractivity contribution >= 4 is 11.6 Å². The van der Waals surface area contributed by atoms with E-state index in [1.807, 2.05) is 6.07 Å². The molecular weight excluding hydrogens is 414 g/mol. The first-order valence-corrected chi connectivity index (χ1v) is 14.3. The fraction of sp³-hybridized carbons (Fsp3) is 0.719. The molecule has 2 heteroatoms. The van der Waals surface area contributed by atoms with E-state index < -0.39 is 0 Å². The first-order chi connectivity index (χ1) is 16.3. The third kappa shape index (κ3) is 3.88. The molecule has 7 atom stereocenters. The number of carbonyl (C=O) groups is 1. The maximum atomic E-state index is 13.1. The van der Waals surface area contributed by atoms with Gasteiger partial charge >= 0.3 is 0 Å². The number of piperidine rings is 1. The Bertz CT molecular complexity index is 918. The minimum atomic E-state index is 0.134. The predicted molar refractivity (Wildman–Crippen MR) is 142 cm³/mol. The monoisotopic (exact) mass is 461 g/mol. The molecule has 0 radical (unpaired) electrons. The molecule has 34 heavy (non-hydrogen) atoms. The van der Waals surface area contributed by atoms with Gasteiger partial charge < -0.3 is 0 Å². The Hall–Kier alpha value is -1.57. The summed E-state index contributed by atoms with van der Waals surface area (Å²) in [6.07, 6.45) is 15.2. The van der Waals surface area contributed by atoms with Crippen LogP contribution >= 0.6 is 0 Å². The molecule has 1 aliphatic heterocycles. The second kappa shape index (κ2) is 9.14. The Morgan fingerprint density at radius 2 is 1.74 bits per heavy atom. The van der Waals surface area contributed by atoms with Crippen LogP contribution in [0.3, 0.4) is 0 Å². The van der Waals surface area contributed by atoms with Gasteiger partial charge in [0.2, 0.25) is 5.91 Å². The molecule has 1 saturated heterocycles. The summed E-state index contributed by atoms with van der Waals surface area (Å²) in [5, 5.41) is 0. The molecule has 186 valence electrons. The normalized spacial score (nSPS) is 38.2. The second-order valence-electron chi connectivity index (χ2n) is 13.2. The minimum Gasteiger partial charge on any atom is -0.285 e. The van der Waals surface area contributed by atoms with Crippen LogP contribution in [0.2, 0.25) is 0 Å². The van der Waals surface area contributed by atoms with Gasteiger partial charge in [-0.1, -0.05) is 78.2 Å². The summed E-state index contributed by atoms with van der Waals surface area (Å²) in [5.74, 6) is 5.25. The number of hydrogen-bond acceptors (Lipinski definition) is 1. The molecule has 0 bridgehead atoms. The Balaban J connectivity index is 1.39. The van der Waals surface area contributed by atoms with Crippen molar-refractivity contribution in [2.75, 3.05) is 4.90 Å². The highest BCUT2D eigenvalue weighted by atomic mass is 16.2. The summed E-state index contributed by atoms with van der Waals surface area (Å²) in [7, 11) is 0. The van der Waals surface area contributed by atoms with Crippen molar-refractivity contribution in [3.05, 3.63) is 42.1 Å². The van der Waals surface area contributed by atoms with Crippen molar-refractivity contribution in [3.8, 4) is 0 Å². The predicted octanol–water partition coefficient (Wildman–Crippen LogP) is 8.63. The van der Waals surface area contributed by atoms with Crippen LogP contribution in [0.15, 0.2) is 42.1 Å². The first-order valence-electron chi connectivity index (χ1n) is 14.3. The Morgan fingerprint density at radius 1 is 0.971 bits per heavy atom. The van der Waals surface area contributed by atoms with Crippen molar-refractivity contribution in [2.45, 2.75) is 98.8 Å². The van der Waals surface area contributed by atoms with E-state index in [9.17, 15) is 4.79 Å². The molecule has 4 aliphatic rings.